The largest absolute Gasteiger partial charge is 0.382 e. The summed E-state index contributed by atoms with van der Waals surface area (Å²) < 4.78 is 23.1. The number of hydrogen-bond donors (Lipinski definition) is 1. The zero-order valence-corrected chi connectivity index (χ0v) is 12.3. The molecule has 1 aliphatic rings. The van der Waals surface area contributed by atoms with Gasteiger partial charge in [0.1, 0.15) is 0 Å². The van der Waals surface area contributed by atoms with Crippen LogP contribution in [0.2, 0.25) is 0 Å². The van der Waals surface area contributed by atoms with Crippen LogP contribution in [-0.2, 0) is 9.84 Å². The summed E-state index contributed by atoms with van der Waals surface area (Å²) in [5, 5.41) is 3.46. The molecule has 0 bridgehead atoms. The van der Waals surface area contributed by atoms with Gasteiger partial charge in [-0.2, -0.15) is 0 Å². The van der Waals surface area contributed by atoms with Gasteiger partial charge >= 0.3 is 0 Å². The third-order valence-corrected chi connectivity index (χ3v) is 5.20. The van der Waals surface area contributed by atoms with Gasteiger partial charge < -0.3 is 5.32 Å². The van der Waals surface area contributed by atoms with Gasteiger partial charge in [-0.05, 0) is 49.8 Å². The Morgan fingerprint density at radius 2 is 1.94 bits per heavy atom. The zero-order chi connectivity index (χ0) is 13.6. The van der Waals surface area contributed by atoms with Gasteiger partial charge in [0.05, 0.1) is 4.90 Å². The zero-order valence-electron chi connectivity index (χ0n) is 11.4. The van der Waals surface area contributed by atoms with E-state index < -0.39 is 9.84 Å². The molecule has 3 nitrogen and oxygen atoms in total. The Morgan fingerprint density at radius 3 is 2.44 bits per heavy atom. The maximum absolute atomic E-state index is 11.6. The number of nitrogens with one attached hydrogen (secondary N) is 1. The molecule has 1 aromatic carbocycles. The second-order valence-electron chi connectivity index (χ2n) is 5.77. The smallest absolute Gasteiger partial charge is 0.175 e. The minimum atomic E-state index is -3.14. The van der Waals surface area contributed by atoms with Crippen molar-refractivity contribution in [2.75, 3.05) is 11.6 Å². The number of aryl methyl sites for hydroxylation is 1. The van der Waals surface area contributed by atoms with Crippen molar-refractivity contribution < 1.29 is 8.42 Å². The Hall–Kier alpha value is -1.03. The molecule has 1 N–H and O–H groups in total. The normalized spacial score (nSPS) is 19.3. The van der Waals surface area contributed by atoms with E-state index in [2.05, 4.69) is 19.2 Å². The fourth-order valence-corrected chi connectivity index (χ4v) is 2.67. The molecule has 0 aliphatic heterocycles. The van der Waals surface area contributed by atoms with Crippen molar-refractivity contribution in [2.24, 2.45) is 5.41 Å². The molecule has 1 unspecified atom stereocenters. The van der Waals surface area contributed by atoms with Gasteiger partial charge in [0, 0.05) is 18.0 Å². The summed E-state index contributed by atoms with van der Waals surface area (Å²) >= 11 is 0. The molecule has 1 saturated carbocycles. The summed E-state index contributed by atoms with van der Waals surface area (Å²) in [7, 11) is -3.14. The topological polar surface area (TPSA) is 46.2 Å². The molecule has 4 heteroatoms. The number of sulfone groups is 1. The molecule has 100 valence electrons. The third-order valence-electron chi connectivity index (χ3n) is 4.09. The van der Waals surface area contributed by atoms with Gasteiger partial charge in [-0.1, -0.05) is 13.0 Å². The Balaban J connectivity index is 2.27. The van der Waals surface area contributed by atoms with Crippen molar-refractivity contribution >= 4 is 15.5 Å². The highest BCUT2D eigenvalue weighted by atomic mass is 32.2. The van der Waals surface area contributed by atoms with Crippen LogP contribution in [0.5, 0.6) is 0 Å². The number of anilines is 1. The lowest BCUT2D eigenvalue weighted by atomic mass is 10.00. The van der Waals surface area contributed by atoms with Gasteiger partial charge in [-0.25, -0.2) is 8.42 Å². The molecule has 0 saturated heterocycles. The maximum atomic E-state index is 11.6. The lowest BCUT2D eigenvalue weighted by molar-refractivity contribution is 0.493. The molecule has 0 heterocycles. The lowest BCUT2D eigenvalue weighted by Crippen LogP contribution is -2.25. The first-order valence-electron chi connectivity index (χ1n) is 6.30. The summed E-state index contributed by atoms with van der Waals surface area (Å²) in [6.45, 7) is 6.43. The summed E-state index contributed by atoms with van der Waals surface area (Å²) in [6.07, 6.45) is 3.73. The van der Waals surface area contributed by atoms with Crippen molar-refractivity contribution in [3.05, 3.63) is 23.8 Å². The van der Waals surface area contributed by atoms with E-state index in [9.17, 15) is 8.42 Å². The highest BCUT2D eigenvalue weighted by Gasteiger charge is 2.42. The molecular formula is C14H21NO2S. The highest BCUT2D eigenvalue weighted by molar-refractivity contribution is 7.90. The van der Waals surface area contributed by atoms with Crippen LogP contribution in [0.25, 0.3) is 0 Å². The van der Waals surface area contributed by atoms with Gasteiger partial charge in [0.25, 0.3) is 0 Å². The first-order chi connectivity index (χ1) is 8.22. The van der Waals surface area contributed by atoms with E-state index in [0.717, 1.165) is 11.3 Å². The van der Waals surface area contributed by atoms with E-state index in [4.69, 9.17) is 0 Å². The molecule has 1 aromatic rings. The van der Waals surface area contributed by atoms with E-state index >= 15 is 0 Å². The van der Waals surface area contributed by atoms with Crippen LogP contribution in [0.3, 0.4) is 0 Å². The van der Waals surface area contributed by atoms with E-state index in [-0.39, 0.29) is 0 Å². The molecule has 1 fully saturated rings. The molecule has 1 aliphatic carbocycles. The highest BCUT2D eigenvalue weighted by Crippen LogP contribution is 2.49. The Bertz CT molecular complexity index is 559. The number of benzene rings is 1. The maximum Gasteiger partial charge on any atom is 0.175 e. The second-order valence-corrected chi connectivity index (χ2v) is 7.78. The fourth-order valence-electron chi connectivity index (χ4n) is 2.02. The van der Waals surface area contributed by atoms with Crippen LogP contribution < -0.4 is 5.32 Å². The molecule has 18 heavy (non-hydrogen) atoms. The van der Waals surface area contributed by atoms with E-state index in [1.54, 1.807) is 12.1 Å². The van der Waals surface area contributed by atoms with Crippen LogP contribution in [0.4, 0.5) is 5.69 Å². The quantitative estimate of drug-likeness (QED) is 0.912. The van der Waals surface area contributed by atoms with Gasteiger partial charge in [-0.15, -0.1) is 0 Å². The van der Waals surface area contributed by atoms with Crippen molar-refractivity contribution in [3.63, 3.8) is 0 Å². The fraction of sp³-hybridized carbons (Fsp3) is 0.571. The monoisotopic (exact) mass is 267 g/mol. The van der Waals surface area contributed by atoms with Gasteiger partial charge in [0.2, 0.25) is 0 Å². The predicted octanol–water partition coefficient (Wildman–Crippen LogP) is 3.00. The van der Waals surface area contributed by atoms with Crippen molar-refractivity contribution in [3.8, 4) is 0 Å². The summed E-state index contributed by atoms with van der Waals surface area (Å²) in [4.78, 5) is 0.378. The van der Waals surface area contributed by atoms with E-state index in [0.29, 0.717) is 16.4 Å². The summed E-state index contributed by atoms with van der Waals surface area (Å²) in [5.74, 6) is 0. The average Bonchev–Trinajstić information content (AvgIpc) is 2.99. The Kier molecular flexibility index (Phi) is 3.18. The SMILES string of the molecule is Cc1ccc(S(C)(=O)=O)cc1NC(C)C1(C)CC1. The van der Waals surface area contributed by atoms with Crippen molar-refractivity contribution in [1.82, 2.24) is 0 Å². The summed E-state index contributed by atoms with van der Waals surface area (Å²) in [5.41, 5.74) is 2.38. The van der Waals surface area contributed by atoms with Crippen LogP contribution in [-0.4, -0.2) is 20.7 Å². The minimum Gasteiger partial charge on any atom is -0.382 e. The van der Waals surface area contributed by atoms with Gasteiger partial charge in [0.15, 0.2) is 9.84 Å². The van der Waals surface area contributed by atoms with Crippen LogP contribution in [0, 0.1) is 12.3 Å². The van der Waals surface area contributed by atoms with Crippen molar-refractivity contribution in [1.29, 1.82) is 0 Å². The van der Waals surface area contributed by atoms with Gasteiger partial charge in [-0.3, -0.25) is 0 Å². The average molecular weight is 267 g/mol. The molecule has 0 spiro atoms. The van der Waals surface area contributed by atoms with Crippen molar-refractivity contribution in [2.45, 2.75) is 44.6 Å². The first kappa shape index (κ1) is 13.4. The Labute approximate surface area is 110 Å². The predicted molar refractivity (Wildman–Crippen MR) is 74.7 cm³/mol. The van der Waals surface area contributed by atoms with E-state index in [1.165, 1.54) is 19.1 Å². The van der Waals surface area contributed by atoms with E-state index in [1.807, 2.05) is 13.0 Å². The number of rotatable bonds is 4. The third kappa shape index (κ3) is 2.69. The molecule has 1 atom stereocenters. The summed E-state index contributed by atoms with van der Waals surface area (Å²) in [6, 6.07) is 5.64. The second kappa shape index (κ2) is 4.26. The van der Waals surface area contributed by atoms with Crippen LogP contribution >= 0.6 is 0 Å². The van der Waals surface area contributed by atoms with Crippen LogP contribution in [0.1, 0.15) is 32.3 Å². The molecule has 0 amide bonds. The molecule has 0 radical (unpaired) electrons. The first-order valence-corrected chi connectivity index (χ1v) is 8.19. The molecule has 0 aromatic heterocycles. The standard InChI is InChI=1S/C14H21NO2S/c1-10-5-6-12(18(4,16)17)9-13(10)15-11(2)14(3)7-8-14/h5-6,9,11,15H,7-8H2,1-4H3. The Morgan fingerprint density at radius 1 is 1.33 bits per heavy atom. The van der Waals surface area contributed by atoms with Crippen LogP contribution in [0.15, 0.2) is 23.1 Å². The molecule has 2 rings (SSSR count). The lowest BCUT2D eigenvalue weighted by Gasteiger charge is -2.23. The molecular weight excluding hydrogens is 246 g/mol. The number of hydrogen-bond acceptors (Lipinski definition) is 3. The minimum absolute atomic E-state index is 0.367.